The quantitative estimate of drug-likeness (QED) is 0.508. The van der Waals surface area contributed by atoms with Crippen LogP contribution in [-0.4, -0.2) is 39.8 Å². The zero-order valence-corrected chi connectivity index (χ0v) is 16.9. The van der Waals surface area contributed by atoms with Crippen LogP contribution in [0.2, 0.25) is 0 Å². The van der Waals surface area contributed by atoms with Gasteiger partial charge in [0.15, 0.2) is 15.8 Å². The molecule has 0 bridgehead atoms. The number of rotatable bonds is 9. The van der Waals surface area contributed by atoms with E-state index in [4.69, 9.17) is 0 Å². The average Bonchev–Trinajstić information content (AvgIpc) is 3.13. The highest BCUT2D eigenvalue weighted by atomic mass is 32.2. The Balaban J connectivity index is 1.85. The number of benzene rings is 1. The van der Waals surface area contributed by atoms with Crippen LogP contribution in [0.3, 0.4) is 0 Å². The topological polar surface area (TPSA) is 70.6 Å². The van der Waals surface area contributed by atoms with E-state index < -0.39 is 9.84 Å². The molecule has 0 saturated carbocycles. The zero-order valence-electron chi connectivity index (χ0n) is 15.3. The van der Waals surface area contributed by atoms with E-state index in [9.17, 15) is 8.42 Å². The summed E-state index contributed by atoms with van der Waals surface area (Å²) in [7, 11) is -3.28. The molecule has 26 heavy (non-hydrogen) atoms. The Hall–Kier alpha value is -1.86. The largest absolute Gasteiger partial charge is 0.357 e. The Morgan fingerprint density at radius 2 is 1.92 bits per heavy atom. The summed E-state index contributed by atoms with van der Waals surface area (Å²) in [6, 6.07) is 12.7. The highest BCUT2D eigenvalue weighted by molar-refractivity contribution is 7.91. The smallest absolute Gasteiger partial charge is 0.191 e. The molecular formula is C19H27N3O2S2. The van der Waals surface area contributed by atoms with Crippen LogP contribution >= 0.6 is 11.3 Å². The first kappa shape index (κ1) is 20.5. The third kappa shape index (κ3) is 6.80. The minimum atomic E-state index is -3.28. The molecule has 1 heterocycles. The van der Waals surface area contributed by atoms with Gasteiger partial charge in [-0.05, 0) is 42.8 Å². The minimum Gasteiger partial charge on any atom is -0.357 e. The summed E-state index contributed by atoms with van der Waals surface area (Å²) >= 11 is 1.76. The van der Waals surface area contributed by atoms with Gasteiger partial charge < -0.3 is 10.6 Å². The second kappa shape index (κ2) is 10.3. The van der Waals surface area contributed by atoms with E-state index in [2.05, 4.69) is 40.1 Å². The number of nitrogens with zero attached hydrogens (tertiary/aromatic N) is 1. The number of hydrogen-bond donors (Lipinski definition) is 2. The fourth-order valence-electron chi connectivity index (χ4n) is 2.48. The van der Waals surface area contributed by atoms with E-state index in [1.54, 1.807) is 35.6 Å². The Morgan fingerprint density at radius 1 is 1.15 bits per heavy atom. The lowest BCUT2D eigenvalue weighted by atomic mass is 10.1. The molecule has 0 amide bonds. The fourth-order valence-corrected chi connectivity index (χ4v) is 4.52. The molecule has 1 aromatic carbocycles. The van der Waals surface area contributed by atoms with Crippen molar-refractivity contribution in [2.24, 2.45) is 10.9 Å². The summed E-state index contributed by atoms with van der Waals surface area (Å²) in [6.45, 7) is 5.91. The van der Waals surface area contributed by atoms with Gasteiger partial charge in [-0.1, -0.05) is 31.2 Å². The predicted molar refractivity (Wildman–Crippen MR) is 110 cm³/mol. The van der Waals surface area contributed by atoms with Crippen LogP contribution in [0.5, 0.6) is 0 Å². The molecule has 1 atom stereocenters. The second-order valence-electron chi connectivity index (χ2n) is 6.17. The van der Waals surface area contributed by atoms with Crippen LogP contribution in [0.1, 0.15) is 18.7 Å². The monoisotopic (exact) mass is 393 g/mol. The minimum absolute atomic E-state index is 0.0339. The number of thiophene rings is 1. The summed E-state index contributed by atoms with van der Waals surface area (Å²) < 4.78 is 24.6. The van der Waals surface area contributed by atoms with Gasteiger partial charge in [-0.3, -0.25) is 4.99 Å². The van der Waals surface area contributed by atoms with E-state index in [1.165, 1.54) is 4.88 Å². The lowest BCUT2D eigenvalue weighted by molar-refractivity contribution is 0.591. The van der Waals surface area contributed by atoms with Crippen molar-refractivity contribution in [3.05, 3.63) is 52.7 Å². The van der Waals surface area contributed by atoms with E-state index in [1.807, 2.05) is 13.0 Å². The predicted octanol–water partition coefficient (Wildman–Crippen LogP) is 2.96. The summed E-state index contributed by atoms with van der Waals surface area (Å²) in [6.07, 6.45) is 1.00. The van der Waals surface area contributed by atoms with Crippen molar-refractivity contribution in [1.29, 1.82) is 0 Å². The molecule has 0 aliphatic rings. The maximum atomic E-state index is 12.3. The standard InChI is InChI=1S/C19H27N3O2S2/c1-3-20-19(22-15-16(2)14-17-8-7-12-25-17)21-11-13-26(23,24)18-9-5-4-6-10-18/h4-10,12,16H,3,11,13-15H2,1-2H3,(H2,20,21,22). The first-order chi connectivity index (χ1) is 12.5. The first-order valence-electron chi connectivity index (χ1n) is 8.83. The van der Waals surface area contributed by atoms with Gasteiger partial charge in [-0.25, -0.2) is 8.42 Å². The highest BCUT2D eigenvalue weighted by Crippen LogP contribution is 2.14. The van der Waals surface area contributed by atoms with Gasteiger partial charge in [0, 0.05) is 24.5 Å². The van der Waals surface area contributed by atoms with Gasteiger partial charge in [-0.15, -0.1) is 11.3 Å². The SMILES string of the molecule is CCNC(=NCC(C)Cc1cccs1)NCCS(=O)(=O)c1ccccc1. The van der Waals surface area contributed by atoms with E-state index >= 15 is 0 Å². The second-order valence-corrected chi connectivity index (χ2v) is 9.31. The van der Waals surface area contributed by atoms with Gasteiger partial charge in [0.2, 0.25) is 0 Å². The van der Waals surface area contributed by atoms with Crippen molar-refractivity contribution in [2.45, 2.75) is 25.2 Å². The third-order valence-corrected chi connectivity index (χ3v) is 6.43. The molecule has 1 aromatic heterocycles. The van der Waals surface area contributed by atoms with Crippen LogP contribution in [-0.2, 0) is 16.3 Å². The van der Waals surface area contributed by atoms with Crippen molar-refractivity contribution in [2.75, 3.05) is 25.4 Å². The molecule has 0 fully saturated rings. The van der Waals surface area contributed by atoms with Gasteiger partial charge >= 0.3 is 0 Å². The van der Waals surface area contributed by atoms with Crippen molar-refractivity contribution in [3.63, 3.8) is 0 Å². The first-order valence-corrected chi connectivity index (χ1v) is 11.4. The summed E-state index contributed by atoms with van der Waals surface area (Å²) in [5.74, 6) is 1.12. The molecule has 0 saturated heterocycles. The Morgan fingerprint density at radius 3 is 2.58 bits per heavy atom. The molecule has 2 aromatic rings. The summed E-state index contributed by atoms with van der Waals surface area (Å²) in [5.41, 5.74) is 0. The third-order valence-electron chi connectivity index (χ3n) is 3.80. The Labute approximate surface area is 160 Å². The normalized spacial score (nSPS) is 13.4. The molecule has 0 aliphatic carbocycles. The van der Waals surface area contributed by atoms with E-state index in [-0.39, 0.29) is 5.75 Å². The van der Waals surface area contributed by atoms with Crippen molar-refractivity contribution >= 4 is 27.1 Å². The van der Waals surface area contributed by atoms with Gasteiger partial charge in [-0.2, -0.15) is 0 Å². The lowest BCUT2D eigenvalue weighted by Gasteiger charge is -2.13. The van der Waals surface area contributed by atoms with E-state index in [0.717, 1.165) is 13.0 Å². The Bertz CT molecular complexity index is 772. The maximum absolute atomic E-state index is 12.3. The number of nitrogens with one attached hydrogen (secondary N) is 2. The fraction of sp³-hybridized carbons (Fsp3) is 0.421. The zero-order chi connectivity index (χ0) is 18.8. The van der Waals surface area contributed by atoms with Crippen LogP contribution < -0.4 is 10.6 Å². The molecule has 1 unspecified atom stereocenters. The maximum Gasteiger partial charge on any atom is 0.191 e. The van der Waals surface area contributed by atoms with Crippen LogP contribution in [0.25, 0.3) is 0 Å². The Kier molecular flexibility index (Phi) is 8.12. The molecule has 7 heteroatoms. The van der Waals surface area contributed by atoms with Gasteiger partial charge in [0.25, 0.3) is 0 Å². The molecule has 2 N–H and O–H groups in total. The summed E-state index contributed by atoms with van der Waals surface area (Å²) in [4.78, 5) is 6.31. The van der Waals surface area contributed by atoms with Crippen LogP contribution in [0, 0.1) is 5.92 Å². The van der Waals surface area contributed by atoms with Gasteiger partial charge in [0.1, 0.15) is 0 Å². The number of hydrogen-bond acceptors (Lipinski definition) is 4. The van der Waals surface area contributed by atoms with Crippen LogP contribution in [0.4, 0.5) is 0 Å². The number of sulfone groups is 1. The molecule has 5 nitrogen and oxygen atoms in total. The van der Waals surface area contributed by atoms with E-state index in [0.29, 0.717) is 29.9 Å². The molecule has 0 spiro atoms. The van der Waals surface area contributed by atoms with Crippen molar-refractivity contribution < 1.29 is 8.42 Å². The molecule has 0 radical (unpaired) electrons. The molecular weight excluding hydrogens is 366 g/mol. The molecule has 2 rings (SSSR count). The number of aliphatic imine (C=N–C) groups is 1. The lowest BCUT2D eigenvalue weighted by Crippen LogP contribution is -2.40. The highest BCUT2D eigenvalue weighted by Gasteiger charge is 2.13. The number of guanidine groups is 1. The summed E-state index contributed by atoms with van der Waals surface area (Å²) in [5, 5.41) is 8.38. The average molecular weight is 394 g/mol. The molecule has 142 valence electrons. The van der Waals surface area contributed by atoms with Crippen molar-refractivity contribution in [3.8, 4) is 0 Å². The van der Waals surface area contributed by atoms with Crippen LogP contribution in [0.15, 0.2) is 57.7 Å². The van der Waals surface area contributed by atoms with Gasteiger partial charge in [0.05, 0.1) is 10.6 Å². The molecule has 0 aliphatic heterocycles. The van der Waals surface area contributed by atoms with Crippen molar-refractivity contribution in [1.82, 2.24) is 10.6 Å².